The van der Waals surface area contributed by atoms with E-state index in [9.17, 15) is 14.7 Å². The van der Waals surface area contributed by atoms with E-state index in [4.69, 9.17) is 28.8 Å². The minimum Gasteiger partial charge on any atom is -0.434 e. The van der Waals surface area contributed by atoms with Crippen LogP contribution >= 0.6 is 43.2 Å². The molecule has 3 aliphatic heterocycles. The number of rotatable bonds is 8. The normalized spacial score (nSPS) is 20.2. The summed E-state index contributed by atoms with van der Waals surface area (Å²) in [7, 11) is 10.1. The monoisotopic (exact) mass is 536 g/mol. The molecule has 188 valence electrons. The van der Waals surface area contributed by atoms with Gasteiger partial charge in [-0.1, -0.05) is 43.2 Å². The van der Waals surface area contributed by atoms with Gasteiger partial charge in [-0.3, -0.25) is 0 Å². The molecule has 0 aliphatic carbocycles. The molecule has 0 radical (unpaired) electrons. The summed E-state index contributed by atoms with van der Waals surface area (Å²) in [5.41, 5.74) is -0.196. The molecule has 0 aromatic heterocycles. The van der Waals surface area contributed by atoms with E-state index in [1.54, 1.807) is 28.7 Å². The largest absolute Gasteiger partial charge is 0.508 e. The van der Waals surface area contributed by atoms with E-state index in [1.165, 1.54) is 7.11 Å². The number of carbonyl (C=O) groups is 2. The molecule has 0 bridgehead atoms. The van der Waals surface area contributed by atoms with Gasteiger partial charge in [0.25, 0.3) is 0 Å². The average molecular weight is 537 g/mol. The molecule has 2 N–H and O–H groups in total. The number of methoxy groups -OCH3 is 2. The van der Waals surface area contributed by atoms with Crippen molar-refractivity contribution in [1.82, 2.24) is 0 Å². The number of aliphatic hydroxyl groups excluding tert-OH is 2. The smallest absolute Gasteiger partial charge is 0.434 e. The van der Waals surface area contributed by atoms with Crippen molar-refractivity contribution in [3.05, 3.63) is 0 Å². The Morgan fingerprint density at radius 2 is 1.47 bits per heavy atom. The van der Waals surface area contributed by atoms with Gasteiger partial charge in [-0.25, -0.2) is 9.59 Å². The molecule has 0 aromatic carbocycles. The first-order valence-corrected chi connectivity index (χ1v) is 14.7. The number of ether oxygens (including phenoxy) is 6. The van der Waals surface area contributed by atoms with Gasteiger partial charge in [-0.15, -0.1) is 0 Å². The number of hydrogen-bond donors (Lipinski definition) is 2. The zero-order valence-corrected chi connectivity index (χ0v) is 21.5. The molecular weight excluding hydrogens is 504 g/mol. The number of carbonyl (C=O) groups excluding carboxylic acids is 2. The Balaban J connectivity index is 0.000000275. The Morgan fingerprint density at radius 1 is 0.906 bits per heavy atom. The van der Waals surface area contributed by atoms with Crippen molar-refractivity contribution < 1.29 is 48.2 Å². The highest BCUT2D eigenvalue weighted by Gasteiger charge is 2.41. The van der Waals surface area contributed by atoms with Crippen LogP contribution in [0.3, 0.4) is 0 Å². The van der Waals surface area contributed by atoms with Crippen LogP contribution in [0.25, 0.3) is 0 Å². The highest BCUT2D eigenvalue weighted by atomic mass is 33.1. The Kier molecular flexibility index (Phi) is 16.1. The topological polar surface area (TPSA) is 130 Å². The molecule has 0 saturated carbocycles. The van der Waals surface area contributed by atoms with Crippen molar-refractivity contribution in [3.63, 3.8) is 0 Å². The van der Waals surface area contributed by atoms with Crippen LogP contribution < -0.4 is 0 Å². The van der Waals surface area contributed by atoms with Crippen LogP contribution in [-0.4, -0.2) is 113 Å². The highest BCUT2D eigenvalue weighted by molar-refractivity contribution is 8.77. The first kappa shape index (κ1) is 29.8. The van der Waals surface area contributed by atoms with Crippen molar-refractivity contribution in [1.29, 1.82) is 0 Å². The molecule has 3 heterocycles. The van der Waals surface area contributed by atoms with E-state index in [0.717, 1.165) is 23.0 Å². The van der Waals surface area contributed by atoms with Crippen molar-refractivity contribution in [2.45, 2.75) is 0 Å². The van der Waals surface area contributed by atoms with E-state index < -0.39 is 12.3 Å². The summed E-state index contributed by atoms with van der Waals surface area (Å²) < 4.78 is 28.5. The van der Waals surface area contributed by atoms with Gasteiger partial charge < -0.3 is 38.6 Å². The molecule has 3 fully saturated rings. The molecular formula is C18H32O10S4. The zero-order valence-electron chi connectivity index (χ0n) is 18.3. The molecule has 0 atom stereocenters. The number of hydrogen-bond acceptors (Lipinski definition) is 14. The van der Waals surface area contributed by atoms with E-state index >= 15 is 0 Å². The quantitative estimate of drug-likeness (QED) is 0.267. The van der Waals surface area contributed by atoms with Crippen molar-refractivity contribution in [2.24, 2.45) is 10.8 Å². The molecule has 3 saturated heterocycles. The molecule has 3 rings (SSSR count). The van der Waals surface area contributed by atoms with Crippen LogP contribution in [0.1, 0.15) is 0 Å². The first-order valence-electron chi connectivity index (χ1n) is 9.72. The SMILES string of the molecule is COCCO.COCCOC(=O)OCC1(CO)CSSC1.O=C1OCC2(CO1)CSSC2. The van der Waals surface area contributed by atoms with Gasteiger partial charge in [0.05, 0.1) is 31.8 Å². The maximum absolute atomic E-state index is 11.1. The second-order valence-corrected chi connectivity index (χ2v) is 12.1. The summed E-state index contributed by atoms with van der Waals surface area (Å²) in [6.45, 7) is 2.40. The third-order valence-electron chi connectivity index (χ3n) is 4.25. The summed E-state index contributed by atoms with van der Waals surface area (Å²) in [5.74, 6) is 3.65. The molecule has 0 aromatic rings. The fourth-order valence-electron chi connectivity index (χ4n) is 2.20. The summed E-state index contributed by atoms with van der Waals surface area (Å²) in [5, 5.41) is 17.2. The predicted octanol–water partition coefficient (Wildman–Crippen LogP) is 2.32. The first-order chi connectivity index (χ1) is 15.4. The van der Waals surface area contributed by atoms with Crippen LogP contribution in [0.4, 0.5) is 9.59 Å². The number of aliphatic hydroxyl groups is 2. The van der Waals surface area contributed by atoms with Crippen molar-refractivity contribution in [2.75, 3.05) is 90.1 Å². The van der Waals surface area contributed by atoms with Gasteiger partial charge in [-0.05, 0) is 0 Å². The van der Waals surface area contributed by atoms with Crippen LogP contribution in [0.2, 0.25) is 0 Å². The third-order valence-corrected chi connectivity index (χ3v) is 9.92. The summed E-state index contributed by atoms with van der Waals surface area (Å²) >= 11 is 0. The van der Waals surface area contributed by atoms with Crippen LogP contribution in [0, 0.1) is 10.8 Å². The molecule has 32 heavy (non-hydrogen) atoms. The lowest BCUT2D eigenvalue weighted by Crippen LogP contribution is -2.41. The van der Waals surface area contributed by atoms with Crippen molar-refractivity contribution in [3.8, 4) is 0 Å². The Labute approximate surface area is 204 Å². The zero-order chi connectivity index (χ0) is 23.7. The van der Waals surface area contributed by atoms with Gasteiger partial charge in [0.15, 0.2) is 0 Å². The van der Waals surface area contributed by atoms with Gasteiger partial charge in [0.1, 0.15) is 26.4 Å². The van der Waals surface area contributed by atoms with Gasteiger partial charge in [0.2, 0.25) is 0 Å². The van der Waals surface area contributed by atoms with Crippen LogP contribution in [0.5, 0.6) is 0 Å². The molecule has 14 heteroatoms. The van der Waals surface area contributed by atoms with E-state index in [1.807, 2.05) is 21.6 Å². The minimum atomic E-state index is -0.702. The second-order valence-electron chi connectivity index (χ2n) is 7.13. The lowest BCUT2D eigenvalue weighted by Gasteiger charge is -2.29. The van der Waals surface area contributed by atoms with Gasteiger partial charge >= 0.3 is 12.3 Å². The Bertz CT molecular complexity index is 514. The molecule has 0 amide bonds. The van der Waals surface area contributed by atoms with Crippen LogP contribution in [-0.2, 0) is 28.4 Å². The predicted molar refractivity (Wildman–Crippen MR) is 127 cm³/mol. The number of cyclic esters (lactones) is 2. The van der Waals surface area contributed by atoms with Crippen molar-refractivity contribution >= 4 is 55.5 Å². The van der Waals surface area contributed by atoms with E-state index in [0.29, 0.717) is 26.4 Å². The summed E-state index contributed by atoms with van der Waals surface area (Å²) in [6, 6.07) is 0. The van der Waals surface area contributed by atoms with Gasteiger partial charge in [0, 0.05) is 42.6 Å². The third kappa shape index (κ3) is 11.8. The molecule has 10 nitrogen and oxygen atoms in total. The minimum absolute atomic E-state index is 0.0261. The lowest BCUT2D eigenvalue weighted by atomic mass is 9.95. The molecule has 3 aliphatic rings. The summed E-state index contributed by atoms with van der Waals surface area (Å²) in [4.78, 5) is 21.7. The van der Waals surface area contributed by atoms with E-state index in [2.05, 4.69) is 4.74 Å². The van der Waals surface area contributed by atoms with E-state index in [-0.39, 0.29) is 37.3 Å². The maximum atomic E-state index is 11.1. The fraction of sp³-hybridized carbons (Fsp3) is 0.889. The molecule has 1 spiro atoms. The highest BCUT2D eigenvalue weighted by Crippen LogP contribution is 2.45. The maximum Gasteiger partial charge on any atom is 0.508 e. The van der Waals surface area contributed by atoms with Gasteiger partial charge in [-0.2, -0.15) is 0 Å². The van der Waals surface area contributed by atoms with Crippen LogP contribution in [0.15, 0.2) is 0 Å². The molecule has 0 unspecified atom stereocenters. The Hall–Kier alpha value is -0.220. The summed E-state index contributed by atoms with van der Waals surface area (Å²) in [6.07, 6.45) is -1.22. The average Bonchev–Trinajstić information content (AvgIpc) is 3.47. The lowest BCUT2D eigenvalue weighted by molar-refractivity contribution is -0.0398. The fourth-order valence-corrected chi connectivity index (χ4v) is 8.88. The Morgan fingerprint density at radius 3 is 1.94 bits per heavy atom. The second kappa shape index (κ2) is 17.2. The standard InChI is InChI=1S/C9H16O5S2.C6H8O3S2.C3H8O2/c1-12-2-3-13-8(11)14-5-9(4-10)6-15-16-7-9;7-5-8-1-6(2-9-5)3-10-11-4-6;1-5-3-2-4/h10H,2-7H2,1H3;1-4H2;4H,2-3H2,1H3.